The highest BCUT2D eigenvalue weighted by atomic mass is 16.3. The maximum Gasteiger partial charge on any atom is 0.134 e. The molecule has 1 aromatic carbocycles. The maximum absolute atomic E-state index is 5.52. The van der Waals surface area contributed by atoms with E-state index in [4.69, 9.17) is 4.42 Å². The highest BCUT2D eigenvalue weighted by Crippen LogP contribution is 2.30. The first kappa shape index (κ1) is 11.8. The lowest BCUT2D eigenvalue weighted by Crippen LogP contribution is -2.01. The Hall–Kier alpha value is -2.29. The summed E-state index contributed by atoms with van der Waals surface area (Å²) in [5, 5.41) is 0. The van der Waals surface area contributed by atoms with E-state index in [1.807, 2.05) is 24.4 Å². The number of rotatable bonds is 4. The molecule has 1 N–H and O–H groups in total. The minimum Gasteiger partial charge on any atom is -0.464 e. The Morgan fingerprint density at radius 1 is 1.21 bits per heavy atom. The largest absolute Gasteiger partial charge is 0.464 e. The third kappa shape index (κ3) is 2.45. The zero-order valence-corrected chi connectivity index (χ0v) is 10.8. The Morgan fingerprint density at radius 2 is 2.11 bits per heavy atom. The number of aromatic nitrogens is 2. The normalized spacial score (nSPS) is 12.5. The van der Waals surface area contributed by atoms with Crippen LogP contribution in [0.3, 0.4) is 0 Å². The average Bonchev–Trinajstić information content (AvgIpc) is 3.11. The summed E-state index contributed by atoms with van der Waals surface area (Å²) >= 11 is 0. The summed E-state index contributed by atoms with van der Waals surface area (Å²) in [6, 6.07) is 12.3. The molecular weight excluding hydrogens is 236 g/mol. The predicted octanol–water partition coefficient (Wildman–Crippen LogP) is 4.02. The summed E-state index contributed by atoms with van der Waals surface area (Å²) < 4.78 is 5.52. The number of nitrogens with one attached hydrogen (secondary N) is 1. The fourth-order valence-electron chi connectivity index (χ4n) is 2.39. The number of imidazole rings is 1. The molecular formula is C16H16N2O. The van der Waals surface area contributed by atoms with Gasteiger partial charge in [-0.1, -0.05) is 31.2 Å². The van der Waals surface area contributed by atoms with Crippen molar-refractivity contribution >= 4 is 0 Å². The van der Waals surface area contributed by atoms with Crippen LogP contribution < -0.4 is 0 Å². The number of benzene rings is 1. The Labute approximate surface area is 112 Å². The molecule has 19 heavy (non-hydrogen) atoms. The molecule has 0 bridgehead atoms. The molecule has 0 radical (unpaired) electrons. The second-order valence-corrected chi connectivity index (χ2v) is 4.71. The van der Waals surface area contributed by atoms with Crippen LogP contribution in [0.2, 0.25) is 0 Å². The fraction of sp³-hybridized carbons (Fsp3) is 0.188. The van der Waals surface area contributed by atoms with Gasteiger partial charge in [-0.2, -0.15) is 0 Å². The molecule has 0 spiro atoms. The van der Waals surface area contributed by atoms with Crippen molar-refractivity contribution in [2.75, 3.05) is 0 Å². The molecule has 3 aromatic rings. The van der Waals surface area contributed by atoms with Crippen molar-refractivity contribution in [2.45, 2.75) is 19.3 Å². The maximum atomic E-state index is 5.52. The second-order valence-electron chi connectivity index (χ2n) is 4.71. The first-order valence-corrected chi connectivity index (χ1v) is 6.45. The van der Waals surface area contributed by atoms with Gasteiger partial charge in [-0.3, -0.25) is 0 Å². The Bertz CT molecular complexity index is 627. The summed E-state index contributed by atoms with van der Waals surface area (Å²) in [4.78, 5) is 7.45. The van der Waals surface area contributed by atoms with E-state index in [0.29, 0.717) is 5.92 Å². The molecule has 3 rings (SSSR count). The lowest BCUT2D eigenvalue weighted by Gasteiger charge is -2.14. The van der Waals surface area contributed by atoms with E-state index in [1.165, 1.54) is 5.56 Å². The van der Waals surface area contributed by atoms with Crippen molar-refractivity contribution < 1.29 is 4.42 Å². The van der Waals surface area contributed by atoms with Crippen LogP contribution in [-0.2, 0) is 6.42 Å². The molecule has 3 heteroatoms. The van der Waals surface area contributed by atoms with E-state index < -0.39 is 0 Å². The minimum absolute atomic E-state index is 0.382. The molecule has 96 valence electrons. The minimum atomic E-state index is 0.382. The van der Waals surface area contributed by atoms with Gasteiger partial charge in [0, 0.05) is 24.4 Å². The van der Waals surface area contributed by atoms with E-state index >= 15 is 0 Å². The lowest BCUT2D eigenvalue weighted by atomic mass is 9.92. The SMILES string of the molecule is CC(Cc1ncc[nH]1)c1ccccc1-c1ccco1. The molecule has 0 aliphatic carbocycles. The Kier molecular flexibility index (Phi) is 3.19. The highest BCUT2D eigenvalue weighted by Gasteiger charge is 2.14. The van der Waals surface area contributed by atoms with Crippen molar-refractivity contribution in [3.8, 4) is 11.3 Å². The van der Waals surface area contributed by atoms with Gasteiger partial charge in [0.25, 0.3) is 0 Å². The van der Waals surface area contributed by atoms with Crippen LogP contribution in [0, 0.1) is 0 Å². The van der Waals surface area contributed by atoms with Crippen molar-refractivity contribution in [1.82, 2.24) is 9.97 Å². The van der Waals surface area contributed by atoms with Crippen molar-refractivity contribution in [1.29, 1.82) is 0 Å². The van der Waals surface area contributed by atoms with Crippen LogP contribution in [0.25, 0.3) is 11.3 Å². The van der Waals surface area contributed by atoms with Gasteiger partial charge in [0.2, 0.25) is 0 Å². The first-order valence-electron chi connectivity index (χ1n) is 6.45. The van der Waals surface area contributed by atoms with E-state index in [9.17, 15) is 0 Å². The van der Waals surface area contributed by atoms with E-state index in [2.05, 4.69) is 35.1 Å². The van der Waals surface area contributed by atoms with Gasteiger partial charge in [-0.15, -0.1) is 0 Å². The predicted molar refractivity (Wildman–Crippen MR) is 74.9 cm³/mol. The first-order chi connectivity index (χ1) is 9.34. The third-order valence-electron chi connectivity index (χ3n) is 3.33. The lowest BCUT2D eigenvalue weighted by molar-refractivity contribution is 0.580. The third-order valence-corrected chi connectivity index (χ3v) is 3.33. The van der Waals surface area contributed by atoms with Crippen molar-refractivity contribution in [3.63, 3.8) is 0 Å². The van der Waals surface area contributed by atoms with E-state index in [0.717, 1.165) is 23.6 Å². The van der Waals surface area contributed by atoms with E-state index in [1.54, 1.807) is 12.5 Å². The number of hydrogen-bond donors (Lipinski definition) is 1. The molecule has 2 aromatic heterocycles. The van der Waals surface area contributed by atoms with Gasteiger partial charge in [-0.25, -0.2) is 4.98 Å². The Balaban J connectivity index is 1.92. The van der Waals surface area contributed by atoms with Gasteiger partial charge < -0.3 is 9.40 Å². The van der Waals surface area contributed by atoms with Gasteiger partial charge in [0.1, 0.15) is 11.6 Å². The highest BCUT2D eigenvalue weighted by molar-refractivity contribution is 5.62. The average molecular weight is 252 g/mol. The molecule has 0 saturated heterocycles. The monoisotopic (exact) mass is 252 g/mol. The van der Waals surface area contributed by atoms with Crippen LogP contribution in [0.4, 0.5) is 0 Å². The standard InChI is InChI=1S/C16H16N2O/c1-12(11-16-17-8-9-18-16)13-5-2-3-6-14(13)15-7-4-10-19-15/h2-10,12H,11H2,1H3,(H,17,18). The molecule has 1 unspecified atom stereocenters. The summed E-state index contributed by atoms with van der Waals surface area (Å²) in [7, 11) is 0. The van der Waals surface area contributed by atoms with Crippen LogP contribution >= 0.6 is 0 Å². The number of hydrogen-bond acceptors (Lipinski definition) is 2. The summed E-state index contributed by atoms with van der Waals surface area (Å²) in [5.41, 5.74) is 2.44. The van der Waals surface area contributed by atoms with Gasteiger partial charge in [0.15, 0.2) is 0 Å². The fourth-order valence-corrected chi connectivity index (χ4v) is 2.39. The van der Waals surface area contributed by atoms with E-state index in [-0.39, 0.29) is 0 Å². The van der Waals surface area contributed by atoms with Gasteiger partial charge >= 0.3 is 0 Å². The van der Waals surface area contributed by atoms with Crippen LogP contribution in [0.5, 0.6) is 0 Å². The Morgan fingerprint density at radius 3 is 2.84 bits per heavy atom. The molecule has 0 aliphatic rings. The molecule has 0 fully saturated rings. The van der Waals surface area contributed by atoms with Gasteiger partial charge in [-0.05, 0) is 23.6 Å². The molecule has 0 aliphatic heterocycles. The molecule has 1 atom stereocenters. The zero-order valence-electron chi connectivity index (χ0n) is 10.8. The summed E-state index contributed by atoms with van der Waals surface area (Å²) in [6.07, 6.45) is 6.26. The number of furan rings is 1. The number of H-pyrrole nitrogens is 1. The van der Waals surface area contributed by atoms with Crippen LogP contribution in [0.1, 0.15) is 24.2 Å². The molecule has 3 nitrogen and oxygen atoms in total. The summed E-state index contributed by atoms with van der Waals surface area (Å²) in [6.45, 7) is 2.21. The summed E-state index contributed by atoms with van der Waals surface area (Å²) in [5.74, 6) is 2.32. The second kappa shape index (κ2) is 5.14. The molecule has 2 heterocycles. The smallest absolute Gasteiger partial charge is 0.134 e. The quantitative estimate of drug-likeness (QED) is 0.762. The molecule has 0 saturated carbocycles. The molecule has 0 amide bonds. The van der Waals surface area contributed by atoms with Crippen LogP contribution in [0.15, 0.2) is 59.5 Å². The van der Waals surface area contributed by atoms with Crippen LogP contribution in [-0.4, -0.2) is 9.97 Å². The van der Waals surface area contributed by atoms with Gasteiger partial charge in [0.05, 0.1) is 6.26 Å². The van der Waals surface area contributed by atoms with Crippen molar-refractivity contribution in [2.24, 2.45) is 0 Å². The number of nitrogens with zero attached hydrogens (tertiary/aromatic N) is 1. The topological polar surface area (TPSA) is 41.8 Å². The zero-order chi connectivity index (χ0) is 13.1. The van der Waals surface area contributed by atoms with Crippen molar-refractivity contribution in [3.05, 3.63) is 66.4 Å². The number of aromatic amines is 1.